The predicted octanol–water partition coefficient (Wildman–Crippen LogP) is 3.25. The Morgan fingerprint density at radius 2 is 2.07 bits per heavy atom. The van der Waals surface area contributed by atoms with E-state index in [1.54, 1.807) is 6.26 Å². The van der Waals surface area contributed by atoms with Crippen LogP contribution in [-0.2, 0) is 0 Å². The lowest BCUT2D eigenvalue weighted by molar-refractivity contribution is 0.426. The summed E-state index contributed by atoms with van der Waals surface area (Å²) in [6, 6.07) is 7.70. The van der Waals surface area contributed by atoms with Gasteiger partial charge in [-0.05, 0) is 27.2 Å². The highest BCUT2D eigenvalue weighted by atomic mass is 79.9. The van der Waals surface area contributed by atoms with E-state index in [1.807, 2.05) is 24.3 Å². The predicted molar refractivity (Wildman–Crippen MR) is 57.2 cm³/mol. The molecule has 0 aliphatic heterocycles. The summed E-state index contributed by atoms with van der Waals surface area (Å²) >= 11 is 3.14. The number of nitrogens with zero attached hydrogens (tertiary/aromatic N) is 2. The fourth-order valence-corrected chi connectivity index (χ4v) is 1.69. The molecule has 3 aromatic rings. The molecular formula is C10H5BrN2O2. The second kappa shape index (κ2) is 3.20. The van der Waals surface area contributed by atoms with Gasteiger partial charge in [0.2, 0.25) is 4.73 Å². The molecule has 5 heteroatoms. The maximum absolute atomic E-state index is 5.37. The molecule has 0 spiro atoms. The molecule has 0 fully saturated rings. The van der Waals surface area contributed by atoms with E-state index in [0.29, 0.717) is 10.6 Å². The van der Waals surface area contributed by atoms with Crippen molar-refractivity contribution in [3.8, 4) is 11.5 Å². The second-order valence-corrected chi connectivity index (χ2v) is 3.72. The number of furan rings is 1. The lowest BCUT2D eigenvalue weighted by Crippen LogP contribution is -1.73. The average Bonchev–Trinajstić information content (AvgIpc) is 2.83. The zero-order valence-electron chi connectivity index (χ0n) is 7.48. The highest BCUT2D eigenvalue weighted by Crippen LogP contribution is 2.29. The summed E-state index contributed by atoms with van der Waals surface area (Å²) in [7, 11) is 0. The highest BCUT2D eigenvalue weighted by molar-refractivity contribution is 9.10. The van der Waals surface area contributed by atoms with E-state index in [4.69, 9.17) is 8.94 Å². The Bertz CT molecular complexity index is 614. The minimum absolute atomic E-state index is 0.433. The van der Waals surface area contributed by atoms with Gasteiger partial charge in [0, 0.05) is 5.39 Å². The van der Waals surface area contributed by atoms with Gasteiger partial charge < -0.3 is 8.94 Å². The molecule has 0 N–H and O–H groups in total. The summed E-state index contributed by atoms with van der Waals surface area (Å²) in [6.07, 6.45) is 1.62. The van der Waals surface area contributed by atoms with Crippen molar-refractivity contribution in [3.05, 3.63) is 35.3 Å². The maximum Gasteiger partial charge on any atom is 0.262 e. The van der Waals surface area contributed by atoms with Crippen LogP contribution in [0.4, 0.5) is 0 Å². The van der Waals surface area contributed by atoms with Crippen LogP contribution in [0, 0.1) is 0 Å². The Morgan fingerprint density at radius 3 is 2.87 bits per heavy atom. The molecule has 0 radical (unpaired) electrons. The Morgan fingerprint density at radius 1 is 1.20 bits per heavy atom. The molecule has 0 saturated carbocycles. The molecule has 0 amide bonds. The number of hydrogen-bond acceptors (Lipinski definition) is 4. The van der Waals surface area contributed by atoms with Crippen molar-refractivity contribution in [1.29, 1.82) is 0 Å². The summed E-state index contributed by atoms with van der Waals surface area (Å²) in [5.41, 5.74) is 1.62. The van der Waals surface area contributed by atoms with Gasteiger partial charge in [0.05, 0.1) is 5.56 Å². The van der Waals surface area contributed by atoms with Crippen LogP contribution in [0.3, 0.4) is 0 Å². The summed E-state index contributed by atoms with van der Waals surface area (Å²) in [5, 5.41) is 4.63. The highest BCUT2D eigenvalue weighted by Gasteiger charge is 2.13. The molecule has 0 unspecified atom stereocenters. The van der Waals surface area contributed by atoms with E-state index < -0.39 is 0 Å². The number of halogens is 1. The molecule has 0 atom stereocenters. The minimum atomic E-state index is 0.433. The lowest BCUT2D eigenvalue weighted by atomic mass is 10.2. The molecule has 2 heterocycles. The molecule has 4 nitrogen and oxygen atoms in total. The SMILES string of the molecule is Brc1noc(-c2coc3ccccc23)n1. The van der Waals surface area contributed by atoms with Crippen molar-refractivity contribution in [2.24, 2.45) is 0 Å². The summed E-state index contributed by atoms with van der Waals surface area (Å²) in [5.74, 6) is 0.451. The molecule has 0 aliphatic carbocycles. The van der Waals surface area contributed by atoms with Crippen molar-refractivity contribution in [1.82, 2.24) is 10.1 Å². The van der Waals surface area contributed by atoms with Gasteiger partial charge in [0.1, 0.15) is 11.8 Å². The molecule has 3 rings (SSSR count). The Balaban J connectivity index is 2.27. The number of aromatic nitrogens is 2. The van der Waals surface area contributed by atoms with Crippen LogP contribution in [0.1, 0.15) is 0 Å². The molecule has 0 saturated heterocycles. The third kappa shape index (κ3) is 1.35. The number of para-hydroxylation sites is 1. The third-order valence-electron chi connectivity index (χ3n) is 2.11. The van der Waals surface area contributed by atoms with E-state index in [2.05, 4.69) is 26.1 Å². The van der Waals surface area contributed by atoms with Crippen LogP contribution in [0.15, 0.2) is 44.2 Å². The molecule has 74 valence electrons. The topological polar surface area (TPSA) is 52.1 Å². The van der Waals surface area contributed by atoms with Gasteiger partial charge in [0.25, 0.3) is 5.89 Å². The summed E-state index contributed by atoms with van der Waals surface area (Å²) in [6.45, 7) is 0. The number of rotatable bonds is 1. The van der Waals surface area contributed by atoms with Crippen LogP contribution in [-0.4, -0.2) is 10.1 Å². The average molecular weight is 265 g/mol. The molecular weight excluding hydrogens is 260 g/mol. The quantitative estimate of drug-likeness (QED) is 0.677. The molecule has 1 aromatic carbocycles. The zero-order valence-corrected chi connectivity index (χ0v) is 9.06. The van der Waals surface area contributed by atoms with Crippen molar-refractivity contribution in [2.75, 3.05) is 0 Å². The van der Waals surface area contributed by atoms with Crippen molar-refractivity contribution >= 4 is 26.9 Å². The molecule has 0 bridgehead atoms. The van der Waals surface area contributed by atoms with Crippen LogP contribution >= 0.6 is 15.9 Å². The second-order valence-electron chi connectivity index (χ2n) is 3.01. The maximum atomic E-state index is 5.37. The van der Waals surface area contributed by atoms with Gasteiger partial charge in [-0.2, -0.15) is 4.98 Å². The minimum Gasteiger partial charge on any atom is -0.463 e. The third-order valence-corrected chi connectivity index (χ3v) is 2.43. The van der Waals surface area contributed by atoms with E-state index in [0.717, 1.165) is 16.5 Å². The standard InChI is InChI=1S/C10H5BrN2O2/c11-10-12-9(15-13-10)7-5-14-8-4-2-1-3-6(7)8/h1-5H. The first-order valence-corrected chi connectivity index (χ1v) is 5.10. The van der Waals surface area contributed by atoms with Crippen molar-refractivity contribution < 1.29 is 8.94 Å². The summed E-state index contributed by atoms with van der Waals surface area (Å²) < 4.78 is 10.9. The van der Waals surface area contributed by atoms with E-state index in [1.165, 1.54) is 0 Å². The fraction of sp³-hybridized carbons (Fsp3) is 0. The zero-order chi connectivity index (χ0) is 10.3. The number of fused-ring (bicyclic) bond motifs is 1. The first-order valence-electron chi connectivity index (χ1n) is 4.30. The number of hydrogen-bond donors (Lipinski definition) is 0. The monoisotopic (exact) mass is 264 g/mol. The first kappa shape index (κ1) is 8.67. The molecule has 2 aromatic heterocycles. The van der Waals surface area contributed by atoms with Crippen LogP contribution < -0.4 is 0 Å². The smallest absolute Gasteiger partial charge is 0.262 e. The van der Waals surface area contributed by atoms with Gasteiger partial charge in [-0.3, -0.25) is 0 Å². The largest absolute Gasteiger partial charge is 0.463 e. The van der Waals surface area contributed by atoms with Gasteiger partial charge >= 0.3 is 0 Å². The van der Waals surface area contributed by atoms with Gasteiger partial charge in [0.15, 0.2) is 0 Å². The number of benzene rings is 1. The lowest BCUT2D eigenvalue weighted by Gasteiger charge is -1.88. The molecule has 0 aliphatic rings. The Labute approximate surface area is 93.0 Å². The Kier molecular flexibility index (Phi) is 1.85. The normalized spacial score (nSPS) is 11.0. The first-order chi connectivity index (χ1) is 7.34. The van der Waals surface area contributed by atoms with E-state index in [-0.39, 0.29) is 0 Å². The van der Waals surface area contributed by atoms with Gasteiger partial charge in [-0.1, -0.05) is 18.2 Å². The Hall–Kier alpha value is -1.62. The van der Waals surface area contributed by atoms with Crippen LogP contribution in [0.2, 0.25) is 0 Å². The van der Waals surface area contributed by atoms with E-state index in [9.17, 15) is 0 Å². The van der Waals surface area contributed by atoms with Crippen LogP contribution in [0.25, 0.3) is 22.4 Å². The van der Waals surface area contributed by atoms with Crippen LogP contribution in [0.5, 0.6) is 0 Å². The van der Waals surface area contributed by atoms with Gasteiger partial charge in [-0.15, -0.1) is 0 Å². The van der Waals surface area contributed by atoms with Crippen molar-refractivity contribution in [2.45, 2.75) is 0 Å². The fourth-order valence-electron chi connectivity index (χ4n) is 1.46. The molecule has 15 heavy (non-hydrogen) atoms. The van der Waals surface area contributed by atoms with E-state index >= 15 is 0 Å². The van der Waals surface area contributed by atoms with Gasteiger partial charge in [-0.25, -0.2) is 0 Å². The van der Waals surface area contributed by atoms with Crippen molar-refractivity contribution in [3.63, 3.8) is 0 Å². The summed E-state index contributed by atoms with van der Waals surface area (Å²) in [4.78, 5) is 4.08.